The molecule has 1 fully saturated rings. The van der Waals surface area contributed by atoms with Gasteiger partial charge >= 0.3 is 0 Å². The lowest BCUT2D eigenvalue weighted by atomic mass is 9.85. The first-order chi connectivity index (χ1) is 9.13. The summed E-state index contributed by atoms with van der Waals surface area (Å²) in [5.41, 5.74) is -0.372. The van der Waals surface area contributed by atoms with E-state index in [1.165, 1.54) is 19.3 Å². The predicted octanol–water partition coefficient (Wildman–Crippen LogP) is 2.90. The Morgan fingerprint density at radius 1 is 1.47 bits per heavy atom. The number of hydrogen-bond donors (Lipinski definition) is 2. The average Bonchev–Trinajstić information content (AvgIpc) is 2.42. The van der Waals surface area contributed by atoms with Gasteiger partial charge in [-0.25, -0.2) is 0 Å². The predicted molar refractivity (Wildman–Crippen MR) is 75.2 cm³/mol. The minimum atomic E-state index is -0.372. The number of aromatic hydroxyl groups is 1. The maximum atomic E-state index is 11.7. The smallest absolute Gasteiger partial charge is 0.269 e. The van der Waals surface area contributed by atoms with Crippen molar-refractivity contribution in [2.24, 2.45) is 5.92 Å². The molecule has 0 spiro atoms. The molecule has 2 N–H and O–H groups in total. The molecule has 1 aromatic rings. The van der Waals surface area contributed by atoms with Gasteiger partial charge in [-0.3, -0.25) is 4.79 Å². The zero-order valence-electron chi connectivity index (χ0n) is 11.0. The fraction of sp³-hybridized carbons (Fsp3) is 0.692. The van der Waals surface area contributed by atoms with Crippen molar-refractivity contribution in [2.75, 3.05) is 6.61 Å². The van der Waals surface area contributed by atoms with Crippen LogP contribution in [0.1, 0.15) is 51.0 Å². The van der Waals surface area contributed by atoms with Crippen molar-refractivity contribution >= 4 is 15.9 Å². The molecule has 1 aliphatic carbocycles. The van der Waals surface area contributed by atoms with E-state index in [9.17, 15) is 9.90 Å². The Labute approximate surface area is 120 Å². The highest BCUT2D eigenvalue weighted by atomic mass is 79.9. The first-order valence-corrected chi connectivity index (χ1v) is 7.53. The zero-order chi connectivity index (χ0) is 13.8. The van der Waals surface area contributed by atoms with Crippen molar-refractivity contribution in [2.45, 2.75) is 45.1 Å². The SMILES string of the molecule is CCOC(c1nc(O)c(Br)c(=O)[nH]1)C1CCCCC1. The highest BCUT2D eigenvalue weighted by Crippen LogP contribution is 2.36. The first-order valence-electron chi connectivity index (χ1n) is 6.73. The van der Waals surface area contributed by atoms with Gasteiger partial charge in [-0.1, -0.05) is 19.3 Å². The maximum absolute atomic E-state index is 11.7. The number of nitrogens with one attached hydrogen (secondary N) is 1. The summed E-state index contributed by atoms with van der Waals surface area (Å²) in [6.45, 7) is 2.48. The monoisotopic (exact) mass is 330 g/mol. The Morgan fingerprint density at radius 3 is 2.74 bits per heavy atom. The molecular formula is C13H19BrN2O3. The minimum absolute atomic E-state index is 0.0649. The molecule has 1 heterocycles. The molecule has 19 heavy (non-hydrogen) atoms. The van der Waals surface area contributed by atoms with E-state index in [1.54, 1.807) is 0 Å². The number of nitrogens with zero attached hydrogens (tertiary/aromatic N) is 1. The van der Waals surface area contributed by atoms with Crippen molar-refractivity contribution in [3.63, 3.8) is 0 Å². The Morgan fingerprint density at radius 2 is 2.16 bits per heavy atom. The second-order valence-electron chi connectivity index (χ2n) is 4.86. The Balaban J connectivity index is 2.30. The van der Waals surface area contributed by atoms with E-state index in [0.717, 1.165) is 12.8 Å². The van der Waals surface area contributed by atoms with Crippen LogP contribution in [0.25, 0.3) is 0 Å². The number of aromatic amines is 1. The van der Waals surface area contributed by atoms with Crippen LogP contribution in [0, 0.1) is 5.92 Å². The molecule has 5 nitrogen and oxygen atoms in total. The molecule has 1 saturated carbocycles. The van der Waals surface area contributed by atoms with Crippen LogP contribution in [0.3, 0.4) is 0 Å². The standard InChI is InChI=1S/C13H19BrN2O3/c1-2-19-10(8-6-4-3-5-7-8)11-15-12(17)9(14)13(18)16-11/h8,10H,2-7H2,1H3,(H2,15,16,17,18). The van der Waals surface area contributed by atoms with Crippen molar-refractivity contribution in [3.8, 4) is 5.88 Å². The molecule has 0 saturated heterocycles. The lowest BCUT2D eigenvalue weighted by molar-refractivity contribution is -0.000717. The summed E-state index contributed by atoms with van der Waals surface area (Å²) in [5, 5.41) is 9.66. The van der Waals surface area contributed by atoms with Crippen molar-refractivity contribution in [3.05, 3.63) is 20.7 Å². The van der Waals surface area contributed by atoms with Gasteiger partial charge in [0.25, 0.3) is 5.56 Å². The van der Waals surface area contributed by atoms with Crippen LogP contribution in [-0.4, -0.2) is 21.7 Å². The molecule has 0 radical (unpaired) electrons. The lowest BCUT2D eigenvalue weighted by Gasteiger charge is -2.29. The summed E-state index contributed by atoms with van der Waals surface area (Å²) < 4.78 is 5.82. The van der Waals surface area contributed by atoms with Crippen LogP contribution in [0.15, 0.2) is 9.27 Å². The number of rotatable bonds is 4. The molecule has 1 aromatic heterocycles. The normalized spacial score (nSPS) is 18.4. The van der Waals surface area contributed by atoms with Crippen molar-refractivity contribution in [1.29, 1.82) is 0 Å². The van der Waals surface area contributed by atoms with Crippen molar-refractivity contribution < 1.29 is 9.84 Å². The molecule has 0 aromatic carbocycles. The molecule has 1 aliphatic rings. The zero-order valence-corrected chi connectivity index (χ0v) is 12.6. The van der Waals surface area contributed by atoms with Gasteiger partial charge in [0, 0.05) is 6.61 Å². The molecule has 106 valence electrons. The minimum Gasteiger partial charge on any atom is -0.492 e. The molecule has 1 unspecified atom stereocenters. The van der Waals surface area contributed by atoms with Gasteiger partial charge in [-0.2, -0.15) is 4.98 Å². The van der Waals surface area contributed by atoms with Crippen LogP contribution in [-0.2, 0) is 4.74 Å². The highest BCUT2D eigenvalue weighted by Gasteiger charge is 2.28. The maximum Gasteiger partial charge on any atom is 0.269 e. The van der Waals surface area contributed by atoms with Gasteiger partial charge in [0.05, 0.1) is 0 Å². The number of hydrogen-bond acceptors (Lipinski definition) is 4. The third-order valence-electron chi connectivity index (χ3n) is 3.56. The van der Waals surface area contributed by atoms with Gasteiger partial charge in [0.2, 0.25) is 5.88 Å². The lowest BCUT2D eigenvalue weighted by Crippen LogP contribution is -2.24. The third-order valence-corrected chi connectivity index (χ3v) is 4.27. The van der Waals surface area contributed by atoms with E-state index in [-0.39, 0.29) is 22.0 Å². The summed E-state index contributed by atoms with van der Waals surface area (Å²) in [7, 11) is 0. The summed E-state index contributed by atoms with van der Waals surface area (Å²) in [5.74, 6) is 0.510. The van der Waals surface area contributed by atoms with Crippen molar-refractivity contribution in [1.82, 2.24) is 9.97 Å². The van der Waals surface area contributed by atoms with E-state index in [1.807, 2.05) is 6.92 Å². The van der Waals surface area contributed by atoms with Gasteiger partial charge < -0.3 is 14.8 Å². The van der Waals surface area contributed by atoms with Crippen LogP contribution < -0.4 is 5.56 Å². The third kappa shape index (κ3) is 3.36. The van der Waals surface area contributed by atoms with E-state index in [2.05, 4.69) is 25.9 Å². The Hall–Kier alpha value is -0.880. The average molecular weight is 331 g/mol. The molecule has 2 rings (SSSR count). The van der Waals surface area contributed by atoms with Crippen LogP contribution in [0.4, 0.5) is 0 Å². The number of halogens is 1. The van der Waals surface area contributed by atoms with Gasteiger partial charge in [0.1, 0.15) is 16.4 Å². The van der Waals surface area contributed by atoms with E-state index < -0.39 is 0 Å². The van der Waals surface area contributed by atoms with E-state index in [0.29, 0.717) is 18.3 Å². The fourth-order valence-corrected chi connectivity index (χ4v) is 2.84. The molecule has 6 heteroatoms. The second kappa shape index (κ2) is 6.52. The Kier molecular flexibility index (Phi) is 4.99. The largest absolute Gasteiger partial charge is 0.492 e. The van der Waals surface area contributed by atoms with Crippen LogP contribution >= 0.6 is 15.9 Å². The second-order valence-corrected chi connectivity index (χ2v) is 5.66. The molecule has 0 amide bonds. The number of ether oxygens (including phenoxy) is 1. The summed E-state index contributed by atoms with van der Waals surface area (Å²) >= 11 is 3.00. The van der Waals surface area contributed by atoms with E-state index in [4.69, 9.17) is 4.74 Å². The van der Waals surface area contributed by atoms with Gasteiger partial charge in [-0.15, -0.1) is 0 Å². The van der Waals surface area contributed by atoms with Gasteiger partial charge in [0.15, 0.2) is 0 Å². The Bertz CT molecular complexity index is 483. The molecule has 1 atom stereocenters. The van der Waals surface area contributed by atoms with Gasteiger partial charge in [-0.05, 0) is 41.6 Å². The summed E-state index contributed by atoms with van der Waals surface area (Å²) in [4.78, 5) is 18.5. The number of aromatic nitrogens is 2. The summed E-state index contributed by atoms with van der Waals surface area (Å²) in [6, 6.07) is 0. The van der Waals surface area contributed by atoms with Crippen LogP contribution in [0.5, 0.6) is 5.88 Å². The fourth-order valence-electron chi connectivity index (χ4n) is 2.65. The molecule has 0 bridgehead atoms. The summed E-state index contributed by atoms with van der Waals surface area (Å²) in [6.07, 6.45) is 5.53. The quantitative estimate of drug-likeness (QED) is 0.890. The topological polar surface area (TPSA) is 75.2 Å². The number of H-pyrrole nitrogens is 1. The highest BCUT2D eigenvalue weighted by molar-refractivity contribution is 9.10. The first kappa shape index (κ1) is 14.5. The molecule has 0 aliphatic heterocycles. The molecular weight excluding hydrogens is 312 g/mol. The van der Waals surface area contributed by atoms with E-state index >= 15 is 0 Å². The van der Waals surface area contributed by atoms with Crippen LogP contribution in [0.2, 0.25) is 0 Å².